The molecule has 4 nitrogen and oxygen atoms in total. The average molecular weight is 261 g/mol. The maximum Gasteiger partial charge on any atom is 0.262 e. The molecule has 0 aromatic carbocycles. The summed E-state index contributed by atoms with van der Waals surface area (Å²) in [7, 11) is 0. The summed E-state index contributed by atoms with van der Waals surface area (Å²) in [6, 6.07) is 2.11. The molecule has 0 bridgehead atoms. The Morgan fingerprint density at radius 2 is 2.22 bits per heavy atom. The van der Waals surface area contributed by atoms with E-state index in [9.17, 15) is 4.79 Å². The van der Waals surface area contributed by atoms with Crippen LogP contribution in [0, 0.1) is 25.2 Å². The van der Waals surface area contributed by atoms with E-state index in [1.165, 1.54) is 0 Å². The molecule has 0 saturated heterocycles. The highest BCUT2D eigenvalue weighted by Crippen LogP contribution is 2.25. The van der Waals surface area contributed by atoms with E-state index >= 15 is 0 Å². The maximum absolute atomic E-state index is 12.3. The van der Waals surface area contributed by atoms with Crippen LogP contribution in [-0.2, 0) is 6.54 Å². The molecule has 0 atom stereocenters. The second kappa shape index (κ2) is 5.32. The predicted octanol–water partition coefficient (Wildman–Crippen LogP) is 2.77. The van der Waals surface area contributed by atoms with Crippen LogP contribution in [0.3, 0.4) is 0 Å². The van der Waals surface area contributed by atoms with Crippen LogP contribution in [0.2, 0.25) is 0 Å². The van der Waals surface area contributed by atoms with Crippen molar-refractivity contribution < 1.29 is 0 Å². The average Bonchev–Trinajstić information content (AvgIpc) is 2.64. The van der Waals surface area contributed by atoms with Gasteiger partial charge in [0.15, 0.2) is 0 Å². The minimum absolute atomic E-state index is 0.0406. The summed E-state index contributed by atoms with van der Waals surface area (Å²) >= 11 is 1.57. The molecule has 94 valence electrons. The molecule has 2 rings (SSSR count). The van der Waals surface area contributed by atoms with Crippen LogP contribution >= 0.6 is 11.3 Å². The Morgan fingerprint density at radius 3 is 2.94 bits per heavy atom. The van der Waals surface area contributed by atoms with Crippen LogP contribution in [0.5, 0.6) is 0 Å². The van der Waals surface area contributed by atoms with Crippen LogP contribution < -0.4 is 5.56 Å². The molecule has 18 heavy (non-hydrogen) atoms. The van der Waals surface area contributed by atoms with E-state index in [-0.39, 0.29) is 5.56 Å². The Balaban J connectivity index is 2.31. The predicted molar refractivity (Wildman–Crippen MR) is 72.8 cm³/mol. The molecule has 2 aromatic heterocycles. The van der Waals surface area contributed by atoms with E-state index in [0.717, 1.165) is 33.5 Å². The summed E-state index contributed by atoms with van der Waals surface area (Å²) in [6.45, 7) is 4.62. The molecule has 0 radical (unpaired) electrons. The van der Waals surface area contributed by atoms with Crippen molar-refractivity contribution in [2.75, 3.05) is 0 Å². The third-order valence-electron chi connectivity index (χ3n) is 3.09. The van der Waals surface area contributed by atoms with Crippen LogP contribution in [0.25, 0.3) is 10.2 Å². The van der Waals surface area contributed by atoms with E-state index < -0.39 is 0 Å². The Labute approximate surface area is 110 Å². The molecule has 2 heterocycles. The Bertz CT molecular complexity index is 663. The van der Waals surface area contributed by atoms with Crippen molar-refractivity contribution in [2.45, 2.75) is 39.7 Å². The van der Waals surface area contributed by atoms with Gasteiger partial charge in [-0.3, -0.25) is 9.36 Å². The van der Waals surface area contributed by atoms with Gasteiger partial charge in [-0.1, -0.05) is 0 Å². The van der Waals surface area contributed by atoms with Crippen molar-refractivity contribution in [1.82, 2.24) is 9.55 Å². The molecule has 0 aliphatic carbocycles. The Kier molecular flexibility index (Phi) is 3.78. The van der Waals surface area contributed by atoms with Crippen LogP contribution in [-0.4, -0.2) is 9.55 Å². The summed E-state index contributed by atoms with van der Waals surface area (Å²) in [5.74, 6) is 0. The summed E-state index contributed by atoms with van der Waals surface area (Å²) in [6.07, 6.45) is 3.82. The molecule has 2 aromatic rings. The molecule has 0 fully saturated rings. The van der Waals surface area contributed by atoms with Crippen molar-refractivity contribution in [3.8, 4) is 6.07 Å². The quantitative estimate of drug-likeness (QED) is 0.795. The van der Waals surface area contributed by atoms with Gasteiger partial charge in [-0.2, -0.15) is 5.26 Å². The number of unbranched alkanes of at least 4 members (excludes halogenated alkanes) is 2. The SMILES string of the molecule is Cc1sc2ncn(CCCCC#N)c(=O)c2c1C. The Hall–Kier alpha value is -1.67. The first kappa shape index (κ1) is 12.8. The molecule has 0 saturated carbocycles. The first-order valence-corrected chi connectivity index (χ1v) is 6.79. The van der Waals surface area contributed by atoms with Gasteiger partial charge in [0.1, 0.15) is 4.83 Å². The smallest absolute Gasteiger partial charge is 0.262 e. The van der Waals surface area contributed by atoms with Crippen LogP contribution in [0.15, 0.2) is 11.1 Å². The van der Waals surface area contributed by atoms with Crippen molar-refractivity contribution in [3.05, 3.63) is 27.1 Å². The second-order valence-corrected chi connectivity index (χ2v) is 5.52. The molecule has 0 amide bonds. The van der Waals surface area contributed by atoms with Crippen LogP contribution in [0.1, 0.15) is 29.7 Å². The molecule has 0 N–H and O–H groups in total. The zero-order chi connectivity index (χ0) is 13.1. The zero-order valence-corrected chi connectivity index (χ0v) is 11.4. The van der Waals surface area contributed by atoms with Gasteiger partial charge in [0, 0.05) is 17.8 Å². The standard InChI is InChI=1S/C13H15N3OS/c1-9-10(2)18-12-11(9)13(17)16(8-15-12)7-5-3-4-6-14/h8H,3-5,7H2,1-2H3. The molecule has 0 aliphatic rings. The summed E-state index contributed by atoms with van der Waals surface area (Å²) < 4.78 is 1.65. The number of thiophene rings is 1. The number of nitrogens with zero attached hydrogens (tertiary/aromatic N) is 3. The van der Waals surface area contributed by atoms with Gasteiger partial charge in [-0.15, -0.1) is 11.3 Å². The molecule has 0 unspecified atom stereocenters. The maximum atomic E-state index is 12.3. The normalized spacial score (nSPS) is 10.7. The van der Waals surface area contributed by atoms with E-state index in [4.69, 9.17) is 5.26 Å². The van der Waals surface area contributed by atoms with Gasteiger partial charge < -0.3 is 0 Å². The van der Waals surface area contributed by atoms with Crippen molar-refractivity contribution in [1.29, 1.82) is 5.26 Å². The highest BCUT2D eigenvalue weighted by Gasteiger charge is 2.11. The summed E-state index contributed by atoms with van der Waals surface area (Å²) in [5, 5.41) is 9.22. The van der Waals surface area contributed by atoms with Gasteiger partial charge >= 0.3 is 0 Å². The third-order valence-corrected chi connectivity index (χ3v) is 4.21. The number of fused-ring (bicyclic) bond motifs is 1. The summed E-state index contributed by atoms with van der Waals surface area (Å²) in [5.41, 5.74) is 1.08. The van der Waals surface area contributed by atoms with E-state index in [1.54, 1.807) is 22.2 Å². The van der Waals surface area contributed by atoms with E-state index in [0.29, 0.717) is 13.0 Å². The number of hydrogen-bond donors (Lipinski definition) is 0. The number of aryl methyl sites for hydroxylation is 3. The highest BCUT2D eigenvalue weighted by molar-refractivity contribution is 7.18. The molecular formula is C13H15N3OS. The molecule has 5 heteroatoms. The number of nitriles is 1. The van der Waals surface area contributed by atoms with Crippen molar-refractivity contribution in [2.24, 2.45) is 0 Å². The van der Waals surface area contributed by atoms with Crippen LogP contribution in [0.4, 0.5) is 0 Å². The zero-order valence-electron chi connectivity index (χ0n) is 10.6. The summed E-state index contributed by atoms with van der Waals surface area (Å²) in [4.78, 5) is 18.6. The van der Waals surface area contributed by atoms with Crippen molar-refractivity contribution >= 4 is 21.6 Å². The fourth-order valence-corrected chi connectivity index (χ4v) is 2.90. The number of aromatic nitrogens is 2. The van der Waals surface area contributed by atoms with Gasteiger partial charge in [-0.05, 0) is 32.3 Å². The molecular weight excluding hydrogens is 246 g/mol. The fraction of sp³-hybridized carbons (Fsp3) is 0.462. The second-order valence-electron chi connectivity index (χ2n) is 4.32. The lowest BCUT2D eigenvalue weighted by atomic mass is 10.2. The number of hydrogen-bond acceptors (Lipinski definition) is 4. The van der Waals surface area contributed by atoms with E-state index in [2.05, 4.69) is 11.1 Å². The topological polar surface area (TPSA) is 58.7 Å². The third kappa shape index (κ3) is 2.29. The van der Waals surface area contributed by atoms with E-state index in [1.807, 2.05) is 13.8 Å². The lowest BCUT2D eigenvalue weighted by molar-refractivity contribution is 0.595. The minimum Gasteiger partial charge on any atom is -0.299 e. The molecule has 0 spiro atoms. The lowest BCUT2D eigenvalue weighted by Gasteiger charge is -2.04. The first-order chi connectivity index (χ1) is 8.65. The fourth-order valence-electron chi connectivity index (χ4n) is 1.92. The largest absolute Gasteiger partial charge is 0.299 e. The number of rotatable bonds is 4. The monoisotopic (exact) mass is 261 g/mol. The minimum atomic E-state index is 0.0406. The van der Waals surface area contributed by atoms with Gasteiger partial charge in [0.25, 0.3) is 5.56 Å². The van der Waals surface area contributed by atoms with Gasteiger partial charge in [0.2, 0.25) is 0 Å². The molecule has 0 aliphatic heterocycles. The van der Waals surface area contributed by atoms with Gasteiger partial charge in [0.05, 0.1) is 17.8 Å². The van der Waals surface area contributed by atoms with Gasteiger partial charge in [-0.25, -0.2) is 4.98 Å². The van der Waals surface area contributed by atoms with Crippen molar-refractivity contribution in [3.63, 3.8) is 0 Å². The lowest BCUT2D eigenvalue weighted by Crippen LogP contribution is -2.20. The highest BCUT2D eigenvalue weighted by atomic mass is 32.1. The first-order valence-electron chi connectivity index (χ1n) is 5.97. The Morgan fingerprint density at radius 1 is 1.44 bits per heavy atom.